The number of nitrogens with zero attached hydrogens (tertiary/aromatic N) is 4. The fraction of sp³-hybridized carbons (Fsp3) is 0.519. The van der Waals surface area contributed by atoms with Gasteiger partial charge in [-0.1, -0.05) is 49.6 Å². The molecular formula is C27H34N4O4. The highest BCUT2D eigenvalue weighted by atomic mass is 16.5. The van der Waals surface area contributed by atoms with Crippen molar-refractivity contribution in [1.82, 2.24) is 19.8 Å². The van der Waals surface area contributed by atoms with Crippen molar-refractivity contribution in [2.75, 3.05) is 26.2 Å². The summed E-state index contributed by atoms with van der Waals surface area (Å²) in [5.74, 6) is -0.249. The largest absolute Gasteiger partial charge is 0.462 e. The minimum absolute atomic E-state index is 0.0501. The summed E-state index contributed by atoms with van der Waals surface area (Å²) >= 11 is 0. The van der Waals surface area contributed by atoms with Crippen molar-refractivity contribution in [3.05, 3.63) is 47.3 Å². The van der Waals surface area contributed by atoms with E-state index in [4.69, 9.17) is 4.74 Å². The van der Waals surface area contributed by atoms with Crippen LogP contribution in [0.25, 0.3) is 11.4 Å². The predicted octanol–water partition coefficient (Wildman–Crippen LogP) is 3.88. The van der Waals surface area contributed by atoms with Crippen LogP contribution < -0.4 is 0 Å². The standard InChI is InChI=1S/C27H34N4O4/c1-4-35-27(34)22-19(3)28-24(20-11-7-5-8-12-20)29-23(22)26(33)30-15-16-31(18(2)17-30)25(32)21-13-9-6-10-14-21/h5,7-8,11-12,18,21H,4,6,9-10,13-17H2,1-3H3. The minimum atomic E-state index is -0.605. The van der Waals surface area contributed by atoms with Gasteiger partial charge in [0.1, 0.15) is 11.3 Å². The Kier molecular flexibility index (Phi) is 7.78. The molecule has 1 aliphatic heterocycles. The Hall–Kier alpha value is -3.29. The van der Waals surface area contributed by atoms with Crippen LogP contribution in [0.5, 0.6) is 0 Å². The van der Waals surface area contributed by atoms with Gasteiger partial charge in [0.2, 0.25) is 5.91 Å². The van der Waals surface area contributed by atoms with Crippen LogP contribution in [0.2, 0.25) is 0 Å². The lowest BCUT2D eigenvalue weighted by Crippen LogP contribution is -2.57. The lowest BCUT2D eigenvalue weighted by atomic mass is 9.87. The molecule has 2 fully saturated rings. The first-order valence-electron chi connectivity index (χ1n) is 12.6. The number of aromatic nitrogens is 2. The van der Waals surface area contributed by atoms with E-state index in [2.05, 4.69) is 9.97 Å². The van der Waals surface area contributed by atoms with Crippen LogP contribution in [0.3, 0.4) is 0 Å². The summed E-state index contributed by atoms with van der Waals surface area (Å²) < 4.78 is 5.23. The molecule has 0 N–H and O–H groups in total. The number of rotatable bonds is 5. The molecule has 1 saturated carbocycles. The maximum absolute atomic E-state index is 13.7. The zero-order chi connectivity index (χ0) is 24.9. The van der Waals surface area contributed by atoms with Crippen molar-refractivity contribution in [3.8, 4) is 11.4 Å². The Balaban J connectivity index is 1.59. The van der Waals surface area contributed by atoms with Gasteiger partial charge in [0.25, 0.3) is 5.91 Å². The minimum Gasteiger partial charge on any atom is -0.462 e. The quantitative estimate of drug-likeness (QED) is 0.606. The number of carbonyl (C=O) groups excluding carboxylic acids is 3. The topological polar surface area (TPSA) is 92.7 Å². The van der Waals surface area contributed by atoms with Crippen molar-refractivity contribution in [2.24, 2.45) is 5.92 Å². The molecule has 186 valence electrons. The Bertz CT molecular complexity index is 1080. The average Bonchev–Trinajstić information content (AvgIpc) is 2.88. The summed E-state index contributed by atoms with van der Waals surface area (Å²) in [4.78, 5) is 52.3. The number of amides is 2. The number of aryl methyl sites for hydroxylation is 1. The van der Waals surface area contributed by atoms with E-state index in [1.165, 1.54) is 6.42 Å². The number of hydrogen-bond donors (Lipinski definition) is 0. The maximum atomic E-state index is 13.7. The highest BCUT2D eigenvalue weighted by Gasteiger charge is 2.36. The van der Waals surface area contributed by atoms with Crippen LogP contribution in [0.1, 0.15) is 72.5 Å². The van der Waals surface area contributed by atoms with Gasteiger partial charge in [-0.2, -0.15) is 0 Å². The summed E-state index contributed by atoms with van der Waals surface area (Å²) in [5.41, 5.74) is 1.31. The molecule has 1 saturated heterocycles. The molecule has 2 heterocycles. The van der Waals surface area contributed by atoms with Gasteiger partial charge >= 0.3 is 5.97 Å². The first-order valence-corrected chi connectivity index (χ1v) is 12.6. The number of carbonyl (C=O) groups is 3. The summed E-state index contributed by atoms with van der Waals surface area (Å²) in [5, 5.41) is 0. The highest BCUT2D eigenvalue weighted by Crippen LogP contribution is 2.28. The molecule has 2 aromatic rings. The van der Waals surface area contributed by atoms with Gasteiger partial charge in [0.15, 0.2) is 5.82 Å². The molecule has 2 amide bonds. The molecule has 8 nitrogen and oxygen atoms in total. The van der Waals surface area contributed by atoms with E-state index in [0.717, 1.165) is 31.2 Å². The van der Waals surface area contributed by atoms with Gasteiger partial charge in [-0.3, -0.25) is 9.59 Å². The van der Waals surface area contributed by atoms with E-state index >= 15 is 0 Å². The monoisotopic (exact) mass is 478 g/mol. The molecule has 1 unspecified atom stereocenters. The van der Waals surface area contributed by atoms with Crippen LogP contribution >= 0.6 is 0 Å². The molecule has 0 bridgehead atoms. The third-order valence-electron chi connectivity index (χ3n) is 6.96. The van der Waals surface area contributed by atoms with Crippen LogP contribution in [0, 0.1) is 12.8 Å². The third-order valence-corrected chi connectivity index (χ3v) is 6.96. The van der Waals surface area contributed by atoms with Gasteiger partial charge in [-0.25, -0.2) is 14.8 Å². The Morgan fingerprint density at radius 2 is 1.74 bits per heavy atom. The summed E-state index contributed by atoms with van der Waals surface area (Å²) in [6, 6.07) is 9.27. The fourth-order valence-electron chi connectivity index (χ4n) is 5.09. The molecule has 1 aromatic heterocycles. The molecule has 4 rings (SSSR count). The normalized spacial score (nSPS) is 18.9. The zero-order valence-electron chi connectivity index (χ0n) is 20.8. The Morgan fingerprint density at radius 3 is 2.40 bits per heavy atom. The number of piperazine rings is 1. The smallest absolute Gasteiger partial charge is 0.342 e. The molecular weight excluding hydrogens is 444 g/mol. The van der Waals surface area contributed by atoms with Gasteiger partial charge in [-0.15, -0.1) is 0 Å². The second-order valence-electron chi connectivity index (χ2n) is 9.41. The van der Waals surface area contributed by atoms with Crippen molar-refractivity contribution >= 4 is 17.8 Å². The molecule has 1 atom stereocenters. The highest BCUT2D eigenvalue weighted by molar-refractivity contribution is 6.05. The zero-order valence-corrected chi connectivity index (χ0v) is 20.8. The van der Waals surface area contributed by atoms with E-state index in [-0.39, 0.29) is 41.6 Å². The van der Waals surface area contributed by atoms with Crippen LogP contribution in [-0.4, -0.2) is 69.8 Å². The van der Waals surface area contributed by atoms with E-state index in [1.807, 2.05) is 42.2 Å². The van der Waals surface area contributed by atoms with E-state index < -0.39 is 5.97 Å². The van der Waals surface area contributed by atoms with Crippen molar-refractivity contribution in [3.63, 3.8) is 0 Å². The van der Waals surface area contributed by atoms with Crippen molar-refractivity contribution in [2.45, 2.75) is 58.9 Å². The number of esters is 1. The molecule has 0 spiro atoms. The second kappa shape index (κ2) is 11.0. The first-order chi connectivity index (χ1) is 16.9. The van der Waals surface area contributed by atoms with Gasteiger partial charge in [0.05, 0.1) is 12.3 Å². The number of hydrogen-bond acceptors (Lipinski definition) is 6. The lowest BCUT2D eigenvalue weighted by molar-refractivity contribution is -0.140. The Morgan fingerprint density at radius 1 is 1.03 bits per heavy atom. The van der Waals surface area contributed by atoms with Crippen LogP contribution in [0.4, 0.5) is 0 Å². The van der Waals surface area contributed by atoms with Crippen molar-refractivity contribution < 1.29 is 19.1 Å². The first kappa shape index (κ1) is 24.8. The lowest BCUT2D eigenvalue weighted by Gasteiger charge is -2.41. The molecule has 1 aromatic carbocycles. The molecule has 35 heavy (non-hydrogen) atoms. The fourth-order valence-corrected chi connectivity index (χ4v) is 5.09. The molecule has 8 heteroatoms. The van der Waals surface area contributed by atoms with E-state index in [0.29, 0.717) is 31.2 Å². The van der Waals surface area contributed by atoms with Crippen LogP contribution in [0.15, 0.2) is 30.3 Å². The third kappa shape index (κ3) is 5.36. The maximum Gasteiger partial charge on any atom is 0.342 e. The second-order valence-corrected chi connectivity index (χ2v) is 9.41. The SMILES string of the molecule is CCOC(=O)c1c(C)nc(-c2ccccc2)nc1C(=O)N1CCN(C(=O)C2CCCCC2)C(C)C1. The number of ether oxygens (including phenoxy) is 1. The average molecular weight is 479 g/mol. The summed E-state index contributed by atoms with van der Waals surface area (Å²) in [6.07, 6.45) is 5.33. The summed E-state index contributed by atoms with van der Waals surface area (Å²) in [7, 11) is 0. The molecule has 2 aliphatic rings. The van der Waals surface area contributed by atoms with E-state index in [1.54, 1.807) is 18.7 Å². The van der Waals surface area contributed by atoms with Crippen LogP contribution in [-0.2, 0) is 9.53 Å². The van der Waals surface area contributed by atoms with Gasteiger partial charge in [-0.05, 0) is 33.6 Å². The number of benzene rings is 1. The van der Waals surface area contributed by atoms with Gasteiger partial charge < -0.3 is 14.5 Å². The molecule has 0 radical (unpaired) electrons. The molecule has 1 aliphatic carbocycles. The van der Waals surface area contributed by atoms with Gasteiger partial charge in [0, 0.05) is 37.2 Å². The summed E-state index contributed by atoms with van der Waals surface area (Å²) in [6.45, 7) is 6.85. The Labute approximate surface area is 206 Å². The van der Waals surface area contributed by atoms with Crippen molar-refractivity contribution in [1.29, 1.82) is 0 Å². The predicted molar refractivity (Wildman–Crippen MR) is 132 cm³/mol. The van der Waals surface area contributed by atoms with E-state index in [9.17, 15) is 14.4 Å².